The fourth-order valence-corrected chi connectivity index (χ4v) is 2.76. The topological polar surface area (TPSA) is 71.0 Å². The maximum absolute atomic E-state index is 12.1. The molecule has 2 amide bonds. The van der Waals surface area contributed by atoms with Gasteiger partial charge in [0.15, 0.2) is 0 Å². The Morgan fingerprint density at radius 2 is 2.00 bits per heavy atom. The van der Waals surface area contributed by atoms with Gasteiger partial charge in [-0.25, -0.2) is 9.79 Å². The third-order valence-corrected chi connectivity index (χ3v) is 4.49. The van der Waals surface area contributed by atoms with E-state index in [2.05, 4.69) is 10.3 Å². The van der Waals surface area contributed by atoms with Crippen LogP contribution in [0.3, 0.4) is 0 Å². The molecule has 130 valence electrons. The fraction of sp³-hybridized carbons (Fsp3) is 0.500. The molecule has 1 saturated carbocycles. The lowest BCUT2D eigenvalue weighted by atomic mass is 9.58. The first-order valence-electron chi connectivity index (χ1n) is 8.02. The number of amides is 2. The van der Waals surface area contributed by atoms with Crippen molar-refractivity contribution in [1.82, 2.24) is 10.2 Å². The van der Waals surface area contributed by atoms with Crippen molar-refractivity contribution >= 4 is 18.3 Å². The molecule has 0 aliphatic heterocycles. The van der Waals surface area contributed by atoms with Gasteiger partial charge < -0.3 is 15.0 Å². The number of nitrogens with one attached hydrogen (secondary N) is 1. The van der Waals surface area contributed by atoms with E-state index in [4.69, 9.17) is 4.74 Å². The van der Waals surface area contributed by atoms with Crippen LogP contribution < -0.4 is 5.32 Å². The second kappa shape index (κ2) is 7.47. The Labute approximate surface area is 142 Å². The molecule has 6 heteroatoms. The minimum Gasteiger partial charge on any atom is -0.445 e. The van der Waals surface area contributed by atoms with Crippen LogP contribution in [0.1, 0.15) is 25.8 Å². The lowest BCUT2D eigenvalue weighted by Gasteiger charge is -2.50. The largest absolute Gasteiger partial charge is 0.445 e. The summed E-state index contributed by atoms with van der Waals surface area (Å²) in [4.78, 5) is 29.7. The lowest BCUT2D eigenvalue weighted by Crippen LogP contribution is -2.60. The quantitative estimate of drug-likeness (QED) is 0.664. The van der Waals surface area contributed by atoms with Crippen LogP contribution in [0.5, 0.6) is 0 Å². The molecular weight excluding hydrogens is 306 g/mol. The summed E-state index contributed by atoms with van der Waals surface area (Å²) in [7, 11) is 3.63. The molecule has 1 aromatic rings. The van der Waals surface area contributed by atoms with Gasteiger partial charge in [-0.2, -0.15) is 0 Å². The van der Waals surface area contributed by atoms with Crippen molar-refractivity contribution in [3.05, 3.63) is 35.9 Å². The maximum atomic E-state index is 12.1. The summed E-state index contributed by atoms with van der Waals surface area (Å²) in [6, 6.07) is 9.42. The van der Waals surface area contributed by atoms with Crippen LogP contribution in [-0.4, -0.2) is 43.4 Å². The summed E-state index contributed by atoms with van der Waals surface area (Å²) in [5.41, 5.74) is 0.596. The van der Waals surface area contributed by atoms with Crippen molar-refractivity contribution in [3.63, 3.8) is 0 Å². The molecule has 1 aliphatic carbocycles. The van der Waals surface area contributed by atoms with Crippen molar-refractivity contribution in [3.8, 4) is 0 Å². The molecule has 24 heavy (non-hydrogen) atoms. The highest BCUT2D eigenvalue weighted by Gasteiger charge is 2.52. The number of ether oxygens (including phenoxy) is 1. The Hall–Kier alpha value is -2.37. The van der Waals surface area contributed by atoms with Crippen LogP contribution in [0.25, 0.3) is 0 Å². The number of aliphatic imine (C=N–C) groups is 1. The normalized spacial score (nSPS) is 21.8. The zero-order valence-corrected chi connectivity index (χ0v) is 14.7. The number of hydrogen-bond donors (Lipinski definition) is 1. The first-order valence-corrected chi connectivity index (χ1v) is 8.02. The van der Waals surface area contributed by atoms with Gasteiger partial charge in [-0.15, -0.1) is 0 Å². The van der Waals surface area contributed by atoms with E-state index in [9.17, 15) is 9.59 Å². The Balaban J connectivity index is 1.82. The lowest BCUT2D eigenvalue weighted by molar-refractivity contribution is -0.133. The molecule has 1 fully saturated rings. The molecule has 0 radical (unpaired) electrons. The average Bonchev–Trinajstić information content (AvgIpc) is 2.55. The van der Waals surface area contributed by atoms with Gasteiger partial charge in [0.05, 0.1) is 6.34 Å². The van der Waals surface area contributed by atoms with Gasteiger partial charge in [0.25, 0.3) is 5.91 Å². The number of carbonyl (C=O) groups is 2. The summed E-state index contributed by atoms with van der Waals surface area (Å²) >= 11 is 0. The summed E-state index contributed by atoms with van der Waals surface area (Å²) < 4.78 is 5.23. The number of hydrogen-bond acceptors (Lipinski definition) is 3. The molecule has 0 bridgehead atoms. The van der Waals surface area contributed by atoms with Crippen LogP contribution in [-0.2, 0) is 16.1 Å². The van der Waals surface area contributed by atoms with Gasteiger partial charge in [0, 0.05) is 26.1 Å². The standard InChI is InChI=1S/C18H25N3O3/c1-18(2)14(16(22)19-12-21(3)4)10-15(18)20-17(23)24-11-13-8-6-5-7-9-13/h5-9,12,14-15H,10-11H2,1-4H3,(H,20,23)/t14-,15-/m1/s1. The zero-order valence-electron chi connectivity index (χ0n) is 14.7. The third-order valence-electron chi connectivity index (χ3n) is 4.49. The average molecular weight is 331 g/mol. The minimum atomic E-state index is -0.459. The molecule has 2 rings (SSSR count). The molecule has 6 nitrogen and oxygen atoms in total. The summed E-state index contributed by atoms with van der Waals surface area (Å²) in [5.74, 6) is -0.336. The Morgan fingerprint density at radius 1 is 1.33 bits per heavy atom. The predicted octanol–water partition coefficient (Wildman–Crippen LogP) is 2.44. The van der Waals surface area contributed by atoms with Gasteiger partial charge >= 0.3 is 6.09 Å². The minimum absolute atomic E-state index is 0.0933. The van der Waals surface area contributed by atoms with Crippen LogP contribution in [0.15, 0.2) is 35.3 Å². The van der Waals surface area contributed by atoms with Crippen molar-refractivity contribution in [1.29, 1.82) is 0 Å². The Morgan fingerprint density at radius 3 is 2.58 bits per heavy atom. The molecule has 0 spiro atoms. The molecule has 0 aromatic heterocycles. The highest BCUT2D eigenvalue weighted by Crippen LogP contribution is 2.46. The number of alkyl carbamates (subject to hydrolysis) is 1. The van der Waals surface area contributed by atoms with Crippen LogP contribution in [0.4, 0.5) is 4.79 Å². The first-order chi connectivity index (χ1) is 11.3. The van der Waals surface area contributed by atoms with E-state index < -0.39 is 6.09 Å². The van der Waals surface area contributed by atoms with E-state index in [1.165, 1.54) is 6.34 Å². The Bertz CT molecular complexity index is 611. The second-order valence-corrected chi connectivity index (χ2v) is 6.91. The smallest absolute Gasteiger partial charge is 0.407 e. The number of carbonyl (C=O) groups excluding carboxylic acids is 2. The molecular formula is C18H25N3O3. The van der Waals surface area contributed by atoms with Crippen LogP contribution >= 0.6 is 0 Å². The van der Waals surface area contributed by atoms with Crippen molar-refractivity contribution in [2.24, 2.45) is 16.3 Å². The van der Waals surface area contributed by atoms with E-state index in [-0.39, 0.29) is 29.9 Å². The van der Waals surface area contributed by atoms with E-state index in [0.717, 1.165) is 5.56 Å². The molecule has 0 saturated heterocycles. The van der Waals surface area contributed by atoms with Gasteiger partial charge in [0.1, 0.15) is 6.61 Å². The molecule has 1 N–H and O–H groups in total. The van der Waals surface area contributed by atoms with Crippen molar-refractivity contribution < 1.29 is 14.3 Å². The van der Waals surface area contributed by atoms with Crippen LogP contribution in [0, 0.1) is 11.3 Å². The SMILES string of the molecule is CN(C)C=NC(=O)[C@H]1C[C@@H](NC(=O)OCc2ccccc2)C1(C)C. The van der Waals surface area contributed by atoms with Crippen molar-refractivity contribution in [2.75, 3.05) is 14.1 Å². The zero-order chi connectivity index (χ0) is 17.7. The highest BCUT2D eigenvalue weighted by atomic mass is 16.5. The number of benzene rings is 1. The van der Waals surface area contributed by atoms with Crippen LogP contribution in [0.2, 0.25) is 0 Å². The summed E-state index contributed by atoms with van der Waals surface area (Å²) in [5, 5.41) is 2.85. The van der Waals surface area contributed by atoms with Gasteiger partial charge in [0.2, 0.25) is 0 Å². The first kappa shape index (κ1) is 18.0. The molecule has 1 aromatic carbocycles. The van der Waals surface area contributed by atoms with E-state index in [1.807, 2.05) is 58.3 Å². The van der Waals surface area contributed by atoms with E-state index in [1.54, 1.807) is 4.90 Å². The van der Waals surface area contributed by atoms with Gasteiger partial charge in [-0.3, -0.25) is 4.79 Å². The van der Waals surface area contributed by atoms with Gasteiger partial charge in [-0.05, 0) is 17.4 Å². The fourth-order valence-electron chi connectivity index (χ4n) is 2.76. The number of rotatable bonds is 5. The molecule has 0 unspecified atom stereocenters. The van der Waals surface area contributed by atoms with Crippen molar-refractivity contribution in [2.45, 2.75) is 32.9 Å². The third kappa shape index (κ3) is 4.34. The van der Waals surface area contributed by atoms with Gasteiger partial charge in [-0.1, -0.05) is 44.2 Å². The maximum Gasteiger partial charge on any atom is 0.407 e. The number of nitrogens with zero attached hydrogens (tertiary/aromatic N) is 2. The molecule has 2 atom stereocenters. The van der Waals surface area contributed by atoms with E-state index >= 15 is 0 Å². The molecule has 0 heterocycles. The predicted molar refractivity (Wildman–Crippen MR) is 92.6 cm³/mol. The monoisotopic (exact) mass is 331 g/mol. The summed E-state index contributed by atoms with van der Waals surface area (Å²) in [6.07, 6.45) is 1.63. The molecule has 1 aliphatic rings. The van der Waals surface area contributed by atoms with E-state index in [0.29, 0.717) is 6.42 Å². The Kier molecular flexibility index (Phi) is 5.59. The highest BCUT2D eigenvalue weighted by molar-refractivity contribution is 5.88. The second-order valence-electron chi connectivity index (χ2n) is 6.91. The summed E-state index contributed by atoms with van der Waals surface area (Å²) in [6.45, 7) is 4.16.